The molecule has 3 aliphatic rings. The number of carbonyl (C=O) groups is 2. The summed E-state index contributed by atoms with van der Waals surface area (Å²) in [5.74, 6) is -0.372. The van der Waals surface area contributed by atoms with E-state index in [1.165, 1.54) is 6.07 Å². The van der Waals surface area contributed by atoms with E-state index in [2.05, 4.69) is 19.8 Å². The number of nitrogens with one attached hydrogen (secondary N) is 1. The van der Waals surface area contributed by atoms with Crippen molar-refractivity contribution >= 4 is 29.2 Å². The molecule has 1 spiro atoms. The van der Waals surface area contributed by atoms with E-state index in [0.29, 0.717) is 29.8 Å². The van der Waals surface area contributed by atoms with Crippen LogP contribution in [0.15, 0.2) is 18.2 Å². The van der Waals surface area contributed by atoms with Gasteiger partial charge in [-0.15, -0.1) is 5.10 Å². The third-order valence-electron chi connectivity index (χ3n) is 8.14. The number of hydrogen-bond acceptors (Lipinski definition) is 7. The molecule has 2 amide bonds. The van der Waals surface area contributed by atoms with Gasteiger partial charge < -0.3 is 19.9 Å². The van der Waals surface area contributed by atoms with Crippen molar-refractivity contribution in [3.8, 4) is 0 Å². The lowest BCUT2D eigenvalue weighted by Crippen LogP contribution is -2.50. The second-order valence-electron chi connectivity index (χ2n) is 10.3. The molecule has 0 radical (unpaired) electrons. The molecule has 8 nitrogen and oxygen atoms in total. The van der Waals surface area contributed by atoms with Gasteiger partial charge in [-0.2, -0.15) is 0 Å². The van der Waals surface area contributed by atoms with Crippen LogP contribution in [0.25, 0.3) is 0 Å². The highest BCUT2D eigenvalue weighted by atomic mass is 32.1. The van der Waals surface area contributed by atoms with E-state index in [1.54, 1.807) is 24.0 Å². The highest BCUT2D eigenvalue weighted by molar-refractivity contribution is 7.08. The number of ether oxygens (including phenoxy) is 1. The van der Waals surface area contributed by atoms with Crippen molar-refractivity contribution in [2.45, 2.75) is 76.3 Å². The SMILES string of the molecule is CCOC(=O)NC1CCCCC(N2CCC3(CC2)CN(C(=O)c2snnc2C)c2ccc(F)cc23)C1. The minimum absolute atomic E-state index is 0.105. The first-order valence-corrected chi connectivity index (χ1v) is 13.8. The smallest absolute Gasteiger partial charge is 0.407 e. The fourth-order valence-electron chi connectivity index (χ4n) is 6.25. The molecule has 194 valence electrons. The number of alkyl carbamates (subject to hydrolysis) is 1. The number of nitrogens with zero attached hydrogens (tertiary/aromatic N) is 4. The number of halogens is 1. The van der Waals surface area contributed by atoms with Crippen molar-refractivity contribution in [3.63, 3.8) is 0 Å². The van der Waals surface area contributed by atoms with Crippen LogP contribution in [-0.4, -0.2) is 64.8 Å². The molecule has 2 aliphatic heterocycles. The van der Waals surface area contributed by atoms with Crippen LogP contribution in [0, 0.1) is 12.7 Å². The molecule has 2 atom stereocenters. The number of likely N-dealkylation sites (tertiary alicyclic amines) is 1. The zero-order valence-electron chi connectivity index (χ0n) is 21.0. The topological polar surface area (TPSA) is 87.7 Å². The molecule has 2 unspecified atom stereocenters. The monoisotopic (exact) mass is 515 g/mol. The highest BCUT2D eigenvalue weighted by Gasteiger charge is 2.48. The van der Waals surface area contributed by atoms with Gasteiger partial charge in [-0.1, -0.05) is 17.3 Å². The van der Waals surface area contributed by atoms with Gasteiger partial charge in [0.1, 0.15) is 10.7 Å². The van der Waals surface area contributed by atoms with Crippen LogP contribution >= 0.6 is 11.5 Å². The first-order valence-electron chi connectivity index (χ1n) is 13.0. The summed E-state index contributed by atoms with van der Waals surface area (Å²) in [4.78, 5) is 30.3. The summed E-state index contributed by atoms with van der Waals surface area (Å²) in [5, 5.41) is 7.06. The van der Waals surface area contributed by atoms with Crippen LogP contribution in [0.1, 0.15) is 72.8 Å². The molecule has 5 rings (SSSR count). The average Bonchev–Trinajstić information content (AvgIpc) is 3.33. The standard InChI is InChI=1S/C26H34FN5O3S/c1-3-35-25(34)28-19-6-4-5-7-20(15-19)31-12-10-26(11-13-31)16-32(22-9-8-18(27)14-21(22)26)24(33)23-17(2)29-30-36-23/h8-9,14,19-20H,3-7,10-13,15-16H2,1-2H3,(H,28,34). The second kappa shape index (κ2) is 10.4. The number of carbonyl (C=O) groups excluding carboxylic acids is 2. The fraction of sp³-hybridized carbons (Fsp3) is 0.615. The van der Waals surface area contributed by atoms with E-state index in [-0.39, 0.29) is 29.3 Å². The third kappa shape index (κ3) is 4.85. The zero-order valence-corrected chi connectivity index (χ0v) is 21.8. The fourth-order valence-corrected chi connectivity index (χ4v) is 6.86. The Labute approximate surface area is 215 Å². The van der Waals surface area contributed by atoms with Crippen molar-refractivity contribution in [1.29, 1.82) is 0 Å². The van der Waals surface area contributed by atoms with E-state index in [4.69, 9.17) is 4.74 Å². The van der Waals surface area contributed by atoms with Crippen LogP contribution in [0.3, 0.4) is 0 Å². The number of fused-ring (bicyclic) bond motifs is 2. The van der Waals surface area contributed by atoms with Gasteiger partial charge in [0.2, 0.25) is 0 Å². The molecule has 2 fully saturated rings. The molecule has 3 heterocycles. The first-order chi connectivity index (χ1) is 17.4. The highest BCUT2D eigenvalue weighted by Crippen LogP contribution is 2.48. The summed E-state index contributed by atoms with van der Waals surface area (Å²) in [5.41, 5.74) is 2.11. The van der Waals surface area contributed by atoms with Gasteiger partial charge in [-0.3, -0.25) is 4.79 Å². The number of piperidine rings is 1. The Balaban J connectivity index is 1.31. The van der Waals surface area contributed by atoms with Crippen molar-refractivity contribution in [2.24, 2.45) is 0 Å². The molecule has 1 aliphatic carbocycles. The van der Waals surface area contributed by atoms with Gasteiger partial charge in [0.15, 0.2) is 0 Å². The molecule has 10 heteroatoms. The van der Waals surface area contributed by atoms with E-state index in [9.17, 15) is 14.0 Å². The van der Waals surface area contributed by atoms with Gasteiger partial charge in [-0.05, 0) is 94.3 Å². The van der Waals surface area contributed by atoms with Crippen LogP contribution < -0.4 is 10.2 Å². The third-order valence-corrected chi connectivity index (χ3v) is 8.95. The van der Waals surface area contributed by atoms with Gasteiger partial charge in [0, 0.05) is 29.7 Å². The quantitative estimate of drug-likeness (QED) is 0.607. The minimum Gasteiger partial charge on any atom is -0.450 e. The van der Waals surface area contributed by atoms with Gasteiger partial charge >= 0.3 is 6.09 Å². The van der Waals surface area contributed by atoms with Crippen molar-refractivity contribution in [3.05, 3.63) is 40.2 Å². The predicted molar refractivity (Wildman–Crippen MR) is 136 cm³/mol. The lowest BCUT2D eigenvalue weighted by molar-refractivity contribution is 0.0936. The largest absolute Gasteiger partial charge is 0.450 e. The lowest BCUT2D eigenvalue weighted by atomic mass is 9.74. The van der Waals surface area contributed by atoms with Crippen molar-refractivity contribution < 1.29 is 18.7 Å². The molecule has 1 N–H and O–H groups in total. The first kappa shape index (κ1) is 25.1. The Morgan fingerprint density at radius 1 is 1.25 bits per heavy atom. The van der Waals surface area contributed by atoms with Crippen LogP contribution in [0.4, 0.5) is 14.9 Å². The number of aromatic nitrogens is 2. The second-order valence-corrected chi connectivity index (χ2v) is 11.0. The molecule has 36 heavy (non-hydrogen) atoms. The van der Waals surface area contributed by atoms with Gasteiger partial charge in [0.25, 0.3) is 5.91 Å². The van der Waals surface area contributed by atoms with Gasteiger partial charge in [-0.25, -0.2) is 9.18 Å². The summed E-state index contributed by atoms with van der Waals surface area (Å²) < 4.78 is 23.4. The number of rotatable bonds is 4. The number of amides is 2. The molecule has 1 aromatic heterocycles. The summed E-state index contributed by atoms with van der Waals surface area (Å²) in [7, 11) is 0. The maximum absolute atomic E-state index is 14.4. The molecule has 2 aromatic rings. The number of benzene rings is 1. The number of anilines is 1. The zero-order chi connectivity index (χ0) is 25.3. The lowest BCUT2D eigenvalue weighted by Gasteiger charge is -2.43. The molecule has 1 aromatic carbocycles. The number of aryl methyl sites for hydroxylation is 1. The van der Waals surface area contributed by atoms with Crippen molar-refractivity contribution in [1.82, 2.24) is 19.8 Å². The Hall–Kier alpha value is -2.59. The Morgan fingerprint density at radius 3 is 2.75 bits per heavy atom. The van der Waals surface area contributed by atoms with E-state index in [0.717, 1.165) is 80.8 Å². The Morgan fingerprint density at radius 2 is 2.03 bits per heavy atom. The average molecular weight is 516 g/mol. The predicted octanol–water partition coefficient (Wildman–Crippen LogP) is 4.43. The molecule has 0 bridgehead atoms. The Kier molecular flexibility index (Phi) is 7.25. The Bertz CT molecular complexity index is 1120. The van der Waals surface area contributed by atoms with E-state index in [1.807, 2.05) is 6.92 Å². The minimum atomic E-state index is -0.332. The normalized spacial score (nSPS) is 23.8. The molecular formula is C26H34FN5O3S. The van der Waals surface area contributed by atoms with E-state index >= 15 is 0 Å². The van der Waals surface area contributed by atoms with Crippen LogP contribution in [-0.2, 0) is 10.2 Å². The summed E-state index contributed by atoms with van der Waals surface area (Å²) in [6.07, 6.45) is 6.64. The molecule has 1 saturated carbocycles. The maximum atomic E-state index is 14.4. The van der Waals surface area contributed by atoms with E-state index < -0.39 is 0 Å². The van der Waals surface area contributed by atoms with Crippen LogP contribution in [0.5, 0.6) is 0 Å². The van der Waals surface area contributed by atoms with Gasteiger partial charge in [0.05, 0.1) is 12.3 Å². The molecular weight excluding hydrogens is 481 g/mol. The number of hydrogen-bond donors (Lipinski definition) is 1. The summed E-state index contributed by atoms with van der Waals surface area (Å²) in [6.45, 7) is 6.30. The van der Waals surface area contributed by atoms with Crippen LogP contribution in [0.2, 0.25) is 0 Å². The molecule has 1 saturated heterocycles. The summed E-state index contributed by atoms with van der Waals surface area (Å²) >= 11 is 1.11. The maximum Gasteiger partial charge on any atom is 0.407 e. The van der Waals surface area contributed by atoms with Crippen molar-refractivity contribution in [2.75, 3.05) is 31.1 Å². The summed E-state index contributed by atoms with van der Waals surface area (Å²) in [6, 6.07) is 5.32.